The smallest absolute Gasteiger partial charge is 0.198 e. The Morgan fingerprint density at radius 2 is 1.94 bits per heavy atom. The van der Waals surface area contributed by atoms with Crippen molar-refractivity contribution >= 4 is 22.6 Å². The third-order valence-electron chi connectivity index (χ3n) is 6.41. The molecule has 1 aromatic carbocycles. The molecule has 1 unspecified atom stereocenters. The maximum atomic E-state index is 15.6. The van der Waals surface area contributed by atoms with Crippen molar-refractivity contribution < 1.29 is 28.3 Å². The summed E-state index contributed by atoms with van der Waals surface area (Å²) in [5.74, 6) is -3.41. The van der Waals surface area contributed by atoms with Gasteiger partial charge in [0.15, 0.2) is 11.2 Å². The number of aliphatic hydroxyl groups is 1. The van der Waals surface area contributed by atoms with Crippen LogP contribution in [-0.2, 0) is 0 Å². The van der Waals surface area contributed by atoms with Crippen LogP contribution in [0.25, 0.3) is 10.9 Å². The minimum atomic E-state index is -1.66. The standard InChI is InChI=1S/C19H17F2N5O3.C5H14NO/c20-14-5-12-16(25(10-1-2-10)7-13(18(12)27)19(28)29)15(21)17(14)24-4-3-11(6-24)26-9-22-8-23-26;1-6(2,3)4-5-7/h5,7-11H,1-4,6H2,(H,28,29);7H,4-5H2,1-3H3/q;+1/p-1. The number of carboxylic acids is 1. The van der Waals surface area contributed by atoms with E-state index in [1.54, 1.807) is 15.9 Å². The van der Waals surface area contributed by atoms with Crippen LogP contribution >= 0.6 is 0 Å². The van der Waals surface area contributed by atoms with Crippen LogP contribution in [0.4, 0.5) is 14.5 Å². The predicted octanol–water partition coefficient (Wildman–Crippen LogP) is 0.706. The first-order valence-electron chi connectivity index (χ1n) is 11.8. The maximum Gasteiger partial charge on any atom is 0.198 e. The Labute approximate surface area is 206 Å². The van der Waals surface area contributed by atoms with E-state index in [0.29, 0.717) is 19.5 Å². The molecule has 12 heteroatoms. The van der Waals surface area contributed by atoms with E-state index in [0.717, 1.165) is 36.1 Å². The molecule has 0 radical (unpaired) electrons. The fourth-order valence-corrected chi connectivity index (χ4v) is 4.37. The lowest BCUT2D eigenvalue weighted by Gasteiger charge is -2.22. The Morgan fingerprint density at radius 3 is 2.47 bits per heavy atom. The average molecular weight is 505 g/mol. The number of carboxylic acid groups (broad SMARTS) is 1. The Morgan fingerprint density at radius 1 is 1.22 bits per heavy atom. The molecule has 10 nitrogen and oxygen atoms in total. The second kappa shape index (κ2) is 9.94. The molecule has 0 bridgehead atoms. The molecule has 1 atom stereocenters. The van der Waals surface area contributed by atoms with Gasteiger partial charge in [-0.25, -0.2) is 18.4 Å². The van der Waals surface area contributed by atoms with Gasteiger partial charge < -0.3 is 29.0 Å². The first-order chi connectivity index (χ1) is 17.0. The van der Waals surface area contributed by atoms with Crippen LogP contribution in [0.5, 0.6) is 0 Å². The summed E-state index contributed by atoms with van der Waals surface area (Å²) in [5.41, 5.74) is -1.82. The lowest BCUT2D eigenvalue weighted by molar-refractivity contribution is -0.870. The van der Waals surface area contributed by atoms with E-state index in [1.807, 2.05) is 0 Å². The second-order valence-electron chi connectivity index (χ2n) is 10.2. The fourth-order valence-electron chi connectivity index (χ4n) is 4.37. The van der Waals surface area contributed by atoms with Gasteiger partial charge >= 0.3 is 0 Å². The molecule has 194 valence electrons. The first-order valence-corrected chi connectivity index (χ1v) is 11.8. The molecule has 1 saturated carbocycles. The highest BCUT2D eigenvalue weighted by atomic mass is 19.1. The maximum absolute atomic E-state index is 15.6. The largest absolute Gasteiger partial charge is 0.545 e. The summed E-state index contributed by atoms with van der Waals surface area (Å²) in [6.07, 6.45) is 6.18. The van der Waals surface area contributed by atoms with E-state index in [4.69, 9.17) is 5.11 Å². The highest BCUT2D eigenvalue weighted by Crippen LogP contribution is 2.40. The molecule has 36 heavy (non-hydrogen) atoms. The van der Waals surface area contributed by atoms with Gasteiger partial charge in [0.2, 0.25) is 0 Å². The van der Waals surface area contributed by atoms with E-state index in [9.17, 15) is 19.1 Å². The number of carbonyl (C=O) groups is 1. The van der Waals surface area contributed by atoms with Crippen molar-refractivity contribution in [3.8, 4) is 0 Å². The molecular formula is C24H30F2N6O4. The Bertz CT molecular complexity index is 1320. The summed E-state index contributed by atoms with van der Waals surface area (Å²) in [5, 5.41) is 23.5. The molecule has 1 saturated heterocycles. The lowest BCUT2D eigenvalue weighted by Crippen LogP contribution is -2.36. The van der Waals surface area contributed by atoms with E-state index in [-0.39, 0.29) is 35.3 Å². The van der Waals surface area contributed by atoms with Gasteiger partial charge in [-0.05, 0) is 25.3 Å². The third-order valence-corrected chi connectivity index (χ3v) is 6.41. The molecule has 0 spiro atoms. The molecule has 1 aliphatic carbocycles. The molecule has 2 fully saturated rings. The van der Waals surface area contributed by atoms with E-state index in [1.165, 1.54) is 10.9 Å². The van der Waals surface area contributed by atoms with Crippen molar-refractivity contribution in [2.45, 2.75) is 31.3 Å². The monoisotopic (exact) mass is 504 g/mol. The fraction of sp³-hybridized carbons (Fsp3) is 0.500. The van der Waals surface area contributed by atoms with Crippen LogP contribution in [-0.4, -0.2) is 82.3 Å². The van der Waals surface area contributed by atoms with Gasteiger partial charge in [0.05, 0.1) is 56.2 Å². The van der Waals surface area contributed by atoms with Gasteiger partial charge in [-0.3, -0.25) is 4.79 Å². The molecule has 1 N–H and O–H groups in total. The quantitative estimate of drug-likeness (QED) is 0.492. The van der Waals surface area contributed by atoms with Gasteiger partial charge in [0, 0.05) is 25.3 Å². The normalized spacial score (nSPS) is 17.8. The van der Waals surface area contributed by atoms with Crippen LogP contribution in [0.3, 0.4) is 0 Å². The number of carbonyl (C=O) groups excluding carboxylic acids is 1. The number of nitrogens with zero attached hydrogens (tertiary/aromatic N) is 6. The van der Waals surface area contributed by atoms with Crippen LogP contribution in [0.15, 0.2) is 29.7 Å². The van der Waals surface area contributed by atoms with Gasteiger partial charge in [0.1, 0.15) is 30.7 Å². The van der Waals surface area contributed by atoms with Crippen molar-refractivity contribution in [2.24, 2.45) is 0 Å². The zero-order chi connectivity index (χ0) is 26.2. The molecule has 2 aliphatic rings. The number of benzene rings is 1. The number of aromatic nitrogens is 4. The molecule has 1 aliphatic heterocycles. The number of rotatable bonds is 6. The molecule has 3 aromatic rings. The minimum Gasteiger partial charge on any atom is -0.545 e. The minimum absolute atomic E-state index is 0.0666. The number of pyridine rings is 1. The lowest BCUT2D eigenvalue weighted by atomic mass is 10.1. The Balaban J connectivity index is 0.000000384. The van der Waals surface area contributed by atoms with E-state index in [2.05, 4.69) is 31.2 Å². The number of likely N-dealkylation sites (N-methyl/N-ethyl adjacent to an activating group) is 1. The van der Waals surface area contributed by atoms with E-state index < -0.39 is 28.6 Å². The molecule has 2 aromatic heterocycles. The van der Waals surface area contributed by atoms with Gasteiger partial charge in [0.25, 0.3) is 0 Å². The summed E-state index contributed by atoms with van der Waals surface area (Å²) < 4.78 is 34.4. The molecule has 3 heterocycles. The summed E-state index contributed by atoms with van der Waals surface area (Å²) in [6.45, 7) is 1.87. The number of quaternary nitrogens is 1. The van der Waals surface area contributed by atoms with Crippen molar-refractivity contribution in [1.29, 1.82) is 0 Å². The topological polar surface area (TPSA) is 116 Å². The van der Waals surface area contributed by atoms with Crippen molar-refractivity contribution in [2.75, 3.05) is 52.3 Å². The number of aliphatic hydroxyl groups excluding tert-OH is 1. The first kappa shape index (κ1) is 25.7. The Hall–Kier alpha value is -3.38. The number of hydrogen-bond donors (Lipinski definition) is 1. The van der Waals surface area contributed by atoms with E-state index >= 15 is 4.39 Å². The Kier molecular flexibility index (Phi) is 7.10. The predicted molar refractivity (Wildman–Crippen MR) is 127 cm³/mol. The zero-order valence-corrected chi connectivity index (χ0v) is 20.5. The number of hydrogen-bond acceptors (Lipinski definition) is 7. The number of aromatic carboxylic acids is 1. The van der Waals surface area contributed by atoms with Crippen LogP contribution in [0.1, 0.15) is 41.7 Å². The SMILES string of the molecule is C[N+](C)(C)CCO.O=C([O-])c1cn(C2CC2)c2c(F)c(N3CCC(n4cncn4)C3)c(F)cc2c1=O. The van der Waals surface area contributed by atoms with Crippen LogP contribution in [0, 0.1) is 11.6 Å². The van der Waals surface area contributed by atoms with Crippen molar-refractivity contribution in [3.05, 3.63) is 52.3 Å². The summed E-state index contributed by atoms with van der Waals surface area (Å²) in [4.78, 5) is 29.3. The summed E-state index contributed by atoms with van der Waals surface area (Å²) in [7, 11) is 6.16. The van der Waals surface area contributed by atoms with Gasteiger partial charge in [-0.1, -0.05) is 0 Å². The number of halogens is 2. The van der Waals surface area contributed by atoms with Crippen LogP contribution < -0.4 is 15.4 Å². The second-order valence-corrected chi connectivity index (χ2v) is 10.2. The van der Waals surface area contributed by atoms with Gasteiger partial charge in [-0.15, -0.1) is 0 Å². The van der Waals surface area contributed by atoms with Crippen molar-refractivity contribution in [3.63, 3.8) is 0 Å². The number of fused-ring (bicyclic) bond motifs is 1. The molecule has 5 rings (SSSR count). The zero-order valence-electron chi connectivity index (χ0n) is 20.5. The third kappa shape index (κ3) is 5.24. The summed E-state index contributed by atoms with van der Waals surface area (Å²) in [6, 6.07) is 0.744. The molecular weight excluding hydrogens is 474 g/mol. The average Bonchev–Trinajstić information content (AvgIpc) is 3.27. The highest BCUT2D eigenvalue weighted by molar-refractivity contribution is 5.93. The van der Waals surface area contributed by atoms with Gasteiger partial charge in [-0.2, -0.15) is 5.10 Å². The number of anilines is 1. The van der Waals surface area contributed by atoms with Crippen LogP contribution in [0.2, 0.25) is 0 Å². The summed E-state index contributed by atoms with van der Waals surface area (Å²) >= 11 is 0. The highest BCUT2D eigenvalue weighted by Gasteiger charge is 2.33. The molecule has 0 amide bonds. The van der Waals surface area contributed by atoms with Crippen molar-refractivity contribution in [1.82, 2.24) is 19.3 Å².